The molecule has 0 spiro atoms. The summed E-state index contributed by atoms with van der Waals surface area (Å²) in [6.45, 7) is 14.4. The van der Waals surface area contributed by atoms with Crippen molar-refractivity contribution in [2.75, 3.05) is 6.61 Å². The first-order chi connectivity index (χ1) is 14.5. The molecule has 3 rings (SSSR count). The molecule has 3 N–H and O–H groups in total. The number of aliphatic hydroxyl groups excluding tert-OH is 3. The van der Waals surface area contributed by atoms with E-state index in [2.05, 4.69) is 47.6 Å². The number of fused-ring (bicyclic) bond motifs is 1. The molecule has 0 saturated heterocycles. The summed E-state index contributed by atoms with van der Waals surface area (Å²) < 4.78 is 0. The third-order valence-corrected chi connectivity index (χ3v) is 10.5. The fourth-order valence-electron chi connectivity index (χ4n) is 7.83. The summed E-state index contributed by atoms with van der Waals surface area (Å²) >= 11 is 0. The van der Waals surface area contributed by atoms with Crippen LogP contribution in [0.4, 0.5) is 0 Å². The van der Waals surface area contributed by atoms with Crippen LogP contribution in [0, 0.1) is 46.3 Å². The molecule has 180 valence electrons. The van der Waals surface area contributed by atoms with Gasteiger partial charge >= 0.3 is 0 Å². The van der Waals surface area contributed by atoms with Gasteiger partial charge in [-0.2, -0.15) is 0 Å². The van der Waals surface area contributed by atoms with E-state index in [-0.39, 0.29) is 18.1 Å². The predicted molar refractivity (Wildman–Crippen MR) is 129 cm³/mol. The van der Waals surface area contributed by atoms with Gasteiger partial charge in [-0.15, -0.1) is 0 Å². The summed E-state index contributed by atoms with van der Waals surface area (Å²) in [6, 6.07) is 0. The first-order valence-electron chi connectivity index (χ1n) is 13.2. The standard InChI is InChI=1S/C28H50O3/c1-18(2)19(3)7-8-20(4)23-9-10-24-22(13-16-29)25(12-15-27(23,24)5)28(6)14-11-21(30)17-26(28)31/h13,18-21,23-26,29-31H,7-12,14-17H2,1-6H3. The van der Waals surface area contributed by atoms with E-state index in [4.69, 9.17) is 0 Å². The van der Waals surface area contributed by atoms with E-state index in [0.29, 0.717) is 23.7 Å². The molecule has 3 heteroatoms. The maximum atomic E-state index is 11.0. The minimum atomic E-state index is -0.457. The molecular formula is C28H50O3. The Kier molecular flexibility index (Phi) is 8.03. The smallest absolute Gasteiger partial charge is 0.0624 e. The Hall–Kier alpha value is -0.380. The first kappa shape index (κ1) is 25.2. The number of allylic oxidation sites excluding steroid dienone is 1. The van der Waals surface area contributed by atoms with Crippen molar-refractivity contribution < 1.29 is 15.3 Å². The van der Waals surface area contributed by atoms with Gasteiger partial charge in [-0.05, 0) is 85.9 Å². The van der Waals surface area contributed by atoms with E-state index in [1.807, 2.05) is 0 Å². The van der Waals surface area contributed by atoms with Crippen LogP contribution < -0.4 is 0 Å². The molecule has 0 bridgehead atoms. The summed E-state index contributed by atoms with van der Waals surface area (Å²) in [6.07, 6.45) is 10.9. The summed E-state index contributed by atoms with van der Waals surface area (Å²) in [5, 5.41) is 31.0. The van der Waals surface area contributed by atoms with Crippen molar-refractivity contribution in [2.45, 2.75) is 112 Å². The van der Waals surface area contributed by atoms with Crippen LogP contribution in [-0.2, 0) is 0 Å². The Morgan fingerprint density at radius 2 is 1.55 bits per heavy atom. The zero-order valence-corrected chi connectivity index (χ0v) is 21.1. The van der Waals surface area contributed by atoms with Crippen LogP contribution in [0.2, 0.25) is 0 Å². The monoisotopic (exact) mass is 434 g/mol. The van der Waals surface area contributed by atoms with Gasteiger partial charge in [0.25, 0.3) is 0 Å². The van der Waals surface area contributed by atoms with Crippen LogP contribution in [0.1, 0.15) is 99.3 Å². The van der Waals surface area contributed by atoms with Gasteiger partial charge in [0.05, 0.1) is 18.8 Å². The van der Waals surface area contributed by atoms with Gasteiger partial charge < -0.3 is 15.3 Å². The molecule has 0 aromatic rings. The third kappa shape index (κ3) is 4.80. The lowest BCUT2D eigenvalue weighted by molar-refractivity contribution is -0.0856. The largest absolute Gasteiger partial charge is 0.393 e. The highest BCUT2D eigenvalue weighted by Crippen LogP contribution is 2.64. The van der Waals surface area contributed by atoms with Crippen molar-refractivity contribution in [2.24, 2.45) is 46.3 Å². The zero-order chi connectivity index (χ0) is 23.0. The van der Waals surface area contributed by atoms with Crippen molar-refractivity contribution in [3.63, 3.8) is 0 Å². The van der Waals surface area contributed by atoms with Gasteiger partial charge in [-0.25, -0.2) is 0 Å². The van der Waals surface area contributed by atoms with E-state index in [1.165, 1.54) is 37.7 Å². The SMILES string of the molecule is CC(C)C(C)CCC(C)C1CCC2C(=CCO)C(C3(C)CCC(O)CC3O)CCC21C. The van der Waals surface area contributed by atoms with Crippen molar-refractivity contribution in [1.82, 2.24) is 0 Å². The topological polar surface area (TPSA) is 60.7 Å². The minimum Gasteiger partial charge on any atom is -0.393 e. The molecule has 0 amide bonds. The van der Waals surface area contributed by atoms with E-state index in [9.17, 15) is 15.3 Å². The molecule has 3 nitrogen and oxygen atoms in total. The molecule has 9 unspecified atom stereocenters. The molecule has 0 aromatic heterocycles. The number of hydrogen-bond donors (Lipinski definition) is 3. The van der Waals surface area contributed by atoms with Crippen LogP contribution in [0.3, 0.4) is 0 Å². The molecule has 3 aliphatic carbocycles. The Bertz CT molecular complexity index is 628. The minimum absolute atomic E-state index is 0.0966. The number of aliphatic hydroxyl groups is 3. The lowest BCUT2D eigenvalue weighted by Gasteiger charge is -2.54. The Labute approximate surface area is 191 Å². The second kappa shape index (κ2) is 9.85. The van der Waals surface area contributed by atoms with Crippen molar-refractivity contribution in [3.05, 3.63) is 11.6 Å². The van der Waals surface area contributed by atoms with Crippen molar-refractivity contribution >= 4 is 0 Å². The van der Waals surface area contributed by atoms with E-state index < -0.39 is 6.10 Å². The highest BCUT2D eigenvalue weighted by Gasteiger charge is 2.56. The van der Waals surface area contributed by atoms with Crippen LogP contribution in [0.25, 0.3) is 0 Å². The second-order valence-electron chi connectivity index (χ2n) is 12.4. The summed E-state index contributed by atoms with van der Waals surface area (Å²) in [4.78, 5) is 0. The molecule has 0 heterocycles. The highest BCUT2D eigenvalue weighted by atomic mass is 16.3. The quantitative estimate of drug-likeness (QED) is 0.433. The van der Waals surface area contributed by atoms with Crippen LogP contribution in [0.15, 0.2) is 11.6 Å². The van der Waals surface area contributed by atoms with Gasteiger partial charge in [0.1, 0.15) is 0 Å². The lowest BCUT2D eigenvalue weighted by Crippen LogP contribution is -2.50. The second-order valence-corrected chi connectivity index (χ2v) is 12.4. The fourth-order valence-corrected chi connectivity index (χ4v) is 7.83. The van der Waals surface area contributed by atoms with E-state index in [1.54, 1.807) is 0 Å². The van der Waals surface area contributed by atoms with Gasteiger partial charge in [0, 0.05) is 5.41 Å². The fraction of sp³-hybridized carbons (Fsp3) is 0.929. The lowest BCUT2D eigenvalue weighted by atomic mass is 9.51. The van der Waals surface area contributed by atoms with Crippen LogP contribution in [0.5, 0.6) is 0 Å². The van der Waals surface area contributed by atoms with Crippen LogP contribution >= 0.6 is 0 Å². The van der Waals surface area contributed by atoms with E-state index >= 15 is 0 Å². The van der Waals surface area contributed by atoms with Gasteiger partial charge in [0.2, 0.25) is 0 Å². The normalized spacial score (nSPS) is 44.5. The number of rotatable bonds is 7. The summed E-state index contributed by atoms with van der Waals surface area (Å²) in [5.74, 6) is 3.91. The molecule has 9 atom stereocenters. The Morgan fingerprint density at radius 1 is 0.903 bits per heavy atom. The van der Waals surface area contributed by atoms with Gasteiger partial charge in [-0.1, -0.05) is 66.0 Å². The highest BCUT2D eigenvalue weighted by molar-refractivity contribution is 5.25. The molecule has 3 aliphatic rings. The molecule has 0 aromatic carbocycles. The van der Waals surface area contributed by atoms with Crippen LogP contribution in [-0.4, -0.2) is 34.1 Å². The first-order valence-corrected chi connectivity index (χ1v) is 13.2. The molecule has 3 saturated carbocycles. The van der Waals surface area contributed by atoms with Crippen molar-refractivity contribution in [1.29, 1.82) is 0 Å². The van der Waals surface area contributed by atoms with Crippen molar-refractivity contribution in [3.8, 4) is 0 Å². The average molecular weight is 435 g/mol. The molecular weight excluding hydrogens is 384 g/mol. The maximum absolute atomic E-state index is 11.0. The average Bonchev–Trinajstić information content (AvgIpc) is 3.07. The molecule has 0 aliphatic heterocycles. The predicted octanol–water partition coefficient (Wildman–Crippen LogP) is 5.97. The maximum Gasteiger partial charge on any atom is 0.0624 e. The Balaban J connectivity index is 1.79. The summed E-state index contributed by atoms with van der Waals surface area (Å²) in [7, 11) is 0. The number of hydrogen-bond acceptors (Lipinski definition) is 3. The summed E-state index contributed by atoms with van der Waals surface area (Å²) in [5.41, 5.74) is 1.56. The molecule has 0 radical (unpaired) electrons. The zero-order valence-electron chi connectivity index (χ0n) is 21.1. The third-order valence-electron chi connectivity index (χ3n) is 10.5. The molecule has 3 fully saturated rings. The Morgan fingerprint density at radius 3 is 2.16 bits per heavy atom. The van der Waals surface area contributed by atoms with Gasteiger partial charge in [-0.3, -0.25) is 0 Å². The molecule has 31 heavy (non-hydrogen) atoms. The van der Waals surface area contributed by atoms with Gasteiger partial charge in [0.15, 0.2) is 0 Å². The van der Waals surface area contributed by atoms with E-state index in [0.717, 1.165) is 42.9 Å².